The van der Waals surface area contributed by atoms with Crippen LogP contribution in [0.2, 0.25) is 0 Å². The Balaban J connectivity index is 1.58. The van der Waals surface area contributed by atoms with E-state index in [1.807, 2.05) is 12.1 Å². The van der Waals surface area contributed by atoms with Crippen LogP contribution in [0.5, 0.6) is 0 Å². The Bertz CT molecular complexity index is 529. The van der Waals surface area contributed by atoms with Crippen LogP contribution in [0.4, 0.5) is 5.69 Å². The summed E-state index contributed by atoms with van der Waals surface area (Å²) in [4.78, 5) is 0. The Morgan fingerprint density at radius 2 is 2.11 bits per heavy atom. The summed E-state index contributed by atoms with van der Waals surface area (Å²) in [6.07, 6.45) is 9.84. The molecule has 98 valence electrons. The van der Waals surface area contributed by atoms with Crippen molar-refractivity contribution in [3.05, 3.63) is 42.7 Å². The van der Waals surface area contributed by atoms with Gasteiger partial charge in [-0.05, 0) is 59.9 Å². The lowest BCUT2D eigenvalue weighted by Gasteiger charge is -2.18. The molecule has 1 aliphatic rings. The molecule has 5 nitrogen and oxygen atoms in total. The molecular formula is C14H17N5. The Labute approximate surface area is 112 Å². The highest BCUT2D eigenvalue weighted by atomic mass is 15.5. The normalized spacial score (nSPS) is 18.4. The van der Waals surface area contributed by atoms with Gasteiger partial charge in [0.1, 0.15) is 6.33 Å². The highest BCUT2D eigenvalue weighted by molar-refractivity contribution is 5.48. The van der Waals surface area contributed by atoms with Crippen LogP contribution in [0.15, 0.2) is 42.7 Å². The van der Waals surface area contributed by atoms with Crippen LogP contribution in [0.3, 0.4) is 0 Å². The SMILES string of the molecule is C1=CCC(CNc2ccc(-n3cnnn3)cc2)CC1. The molecule has 0 fully saturated rings. The molecule has 5 heteroatoms. The molecule has 1 heterocycles. The fraction of sp³-hybridized carbons (Fsp3) is 0.357. The van der Waals surface area contributed by atoms with Gasteiger partial charge in [0.2, 0.25) is 0 Å². The third kappa shape index (κ3) is 2.99. The van der Waals surface area contributed by atoms with Gasteiger partial charge in [0.25, 0.3) is 0 Å². The molecule has 1 unspecified atom stereocenters. The maximum absolute atomic E-state index is 3.86. The van der Waals surface area contributed by atoms with Gasteiger partial charge < -0.3 is 5.32 Å². The zero-order valence-corrected chi connectivity index (χ0v) is 10.7. The van der Waals surface area contributed by atoms with E-state index in [0.717, 1.165) is 23.8 Å². The average Bonchev–Trinajstić information content (AvgIpc) is 3.01. The monoisotopic (exact) mass is 255 g/mol. The minimum atomic E-state index is 0.754. The molecule has 1 N–H and O–H groups in total. The maximum Gasteiger partial charge on any atom is 0.143 e. The van der Waals surface area contributed by atoms with Crippen molar-refractivity contribution < 1.29 is 0 Å². The summed E-state index contributed by atoms with van der Waals surface area (Å²) in [5.74, 6) is 0.754. The fourth-order valence-electron chi connectivity index (χ4n) is 2.32. The standard InChI is InChI=1S/C14H17N5/c1-2-4-12(5-3-1)10-15-13-6-8-14(9-7-13)19-11-16-17-18-19/h1-2,6-9,11-12,15H,3-5,10H2. The summed E-state index contributed by atoms with van der Waals surface area (Å²) < 4.78 is 1.65. The molecule has 0 saturated carbocycles. The molecule has 0 radical (unpaired) electrons. The first-order valence-corrected chi connectivity index (χ1v) is 6.64. The summed E-state index contributed by atoms with van der Waals surface area (Å²) in [6.45, 7) is 1.04. The number of aromatic nitrogens is 4. The van der Waals surface area contributed by atoms with E-state index in [9.17, 15) is 0 Å². The molecule has 1 aromatic carbocycles. The van der Waals surface area contributed by atoms with Gasteiger partial charge in [0, 0.05) is 12.2 Å². The third-order valence-corrected chi connectivity index (χ3v) is 3.45. The number of anilines is 1. The van der Waals surface area contributed by atoms with E-state index in [-0.39, 0.29) is 0 Å². The largest absolute Gasteiger partial charge is 0.385 e. The van der Waals surface area contributed by atoms with E-state index in [0.29, 0.717) is 0 Å². The van der Waals surface area contributed by atoms with Crippen molar-refractivity contribution in [1.29, 1.82) is 0 Å². The molecule has 1 aliphatic carbocycles. The van der Waals surface area contributed by atoms with Gasteiger partial charge in [0.15, 0.2) is 0 Å². The molecule has 0 bridgehead atoms. The van der Waals surface area contributed by atoms with Crippen LogP contribution in [-0.4, -0.2) is 26.8 Å². The molecule has 2 aromatic rings. The van der Waals surface area contributed by atoms with Crippen molar-refractivity contribution in [1.82, 2.24) is 20.2 Å². The second kappa shape index (κ2) is 5.65. The smallest absolute Gasteiger partial charge is 0.143 e. The van der Waals surface area contributed by atoms with Crippen molar-refractivity contribution in [2.24, 2.45) is 5.92 Å². The summed E-state index contributed by atoms with van der Waals surface area (Å²) in [5.41, 5.74) is 2.11. The molecule has 1 atom stereocenters. The van der Waals surface area contributed by atoms with Gasteiger partial charge in [-0.3, -0.25) is 0 Å². The quantitative estimate of drug-likeness (QED) is 0.852. The molecule has 0 spiro atoms. The fourth-order valence-corrected chi connectivity index (χ4v) is 2.32. The lowest BCUT2D eigenvalue weighted by molar-refractivity contribution is 0.504. The van der Waals surface area contributed by atoms with Crippen molar-refractivity contribution in [2.75, 3.05) is 11.9 Å². The lowest BCUT2D eigenvalue weighted by atomic mass is 9.94. The number of allylic oxidation sites excluding steroid dienone is 2. The number of benzene rings is 1. The minimum absolute atomic E-state index is 0.754. The molecule has 3 rings (SSSR count). The van der Waals surface area contributed by atoms with Crippen molar-refractivity contribution in [3.63, 3.8) is 0 Å². The van der Waals surface area contributed by atoms with Gasteiger partial charge in [-0.1, -0.05) is 12.2 Å². The van der Waals surface area contributed by atoms with Gasteiger partial charge in [-0.25, -0.2) is 4.68 Å². The molecule has 0 saturated heterocycles. The number of nitrogens with one attached hydrogen (secondary N) is 1. The number of rotatable bonds is 4. The van der Waals surface area contributed by atoms with E-state index in [1.54, 1.807) is 11.0 Å². The van der Waals surface area contributed by atoms with E-state index in [4.69, 9.17) is 0 Å². The number of hydrogen-bond donors (Lipinski definition) is 1. The lowest BCUT2D eigenvalue weighted by Crippen LogP contribution is -2.15. The van der Waals surface area contributed by atoms with Gasteiger partial charge in [0.05, 0.1) is 5.69 Å². The predicted octanol–water partition coefficient (Wildman–Crippen LogP) is 2.43. The topological polar surface area (TPSA) is 55.6 Å². The summed E-state index contributed by atoms with van der Waals surface area (Å²) in [5, 5.41) is 14.6. The average molecular weight is 255 g/mol. The third-order valence-electron chi connectivity index (χ3n) is 3.45. The van der Waals surface area contributed by atoms with E-state index < -0.39 is 0 Å². The summed E-state index contributed by atoms with van der Waals surface area (Å²) >= 11 is 0. The van der Waals surface area contributed by atoms with Crippen LogP contribution in [0, 0.1) is 5.92 Å². The van der Waals surface area contributed by atoms with Crippen LogP contribution in [-0.2, 0) is 0 Å². The number of hydrogen-bond acceptors (Lipinski definition) is 4. The van der Waals surface area contributed by atoms with Crippen molar-refractivity contribution in [2.45, 2.75) is 19.3 Å². The Hall–Kier alpha value is -2.17. The van der Waals surface area contributed by atoms with Gasteiger partial charge in [-0.2, -0.15) is 0 Å². The van der Waals surface area contributed by atoms with Gasteiger partial charge >= 0.3 is 0 Å². The van der Waals surface area contributed by atoms with Crippen LogP contribution in [0.1, 0.15) is 19.3 Å². The zero-order valence-electron chi connectivity index (χ0n) is 10.7. The predicted molar refractivity (Wildman–Crippen MR) is 74.1 cm³/mol. The first-order chi connectivity index (χ1) is 9.42. The summed E-state index contributed by atoms with van der Waals surface area (Å²) in [6, 6.07) is 8.16. The molecular weight excluding hydrogens is 238 g/mol. The highest BCUT2D eigenvalue weighted by Crippen LogP contribution is 2.19. The minimum Gasteiger partial charge on any atom is -0.385 e. The first-order valence-electron chi connectivity index (χ1n) is 6.64. The van der Waals surface area contributed by atoms with Crippen LogP contribution < -0.4 is 5.32 Å². The van der Waals surface area contributed by atoms with Crippen molar-refractivity contribution in [3.8, 4) is 5.69 Å². The summed E-state index contributed by atoms with van der Waals surface area (Å²) in [7, 11) is 0. The highest BCUT2D eigenvalue weighted by Gasteiger charge is 2.09. The Kier molecular flexibility index (Phi) is 3.54. The van der Waals surface area contributed by atoms with E-state index in [1.165, 1.54) is 19.3 Å². The van der Waals surface area contributed by atoms with Crippen LogP contribution >= 0.6 is 0 Å². The second-order valence-electron chi connectivity index (χ2n) is 4.83. The molecule has 1 aromatic heterocycles. The van der Waals surface area contributed by atoms with Crippen molar-refractivity contribution >= 4 is 5.69 Å². The van der Waals surface area contributed by atoms with Gasteiger partial charge in [-0.15, -0.1) is 5.10 Å². The molecule has 19 heavy (non-hydrogen) atoms. The Morgan fingerprint density at radius 1 is 1.21 bits per heavy atom. The second-order valence-corrected chi connectivity index (χ2v) is 4.83. The number of nitrogens with zero attached hydrogens (tertiary/aromatic N) is 4. The molecule has 0 aliphatic heterocycles. The Morgan fingerprint density at radius 3 is 2.79 bits per heavy atom. The van der Waals surface area contributed by atoms with Crippen LogP contribution in [0.25, 0.3) is 5.69 Å². The first kappa shape index (κ1) is 11.9. The maximum atomic E-state index is 3.86. The van der Waals surface area contributed by atoms with E-state index >= 15 is 0 Å². The zero-order chi connectivity index (χ0) is 12.9. The molecule has 0 amide bonds. The number of tetrazole rings is 1. The van der Waals surface area contributed by atoms with E-state index in [2.05, 4.69) is 45.1 Å².